The van der Waals surface area contributed by atoms with Crippen LogP contribution in [-0.4, -0.2) is 29.2 Å². The third-order valence-corrected chi connectivity index (χ3v) is 3.44. The smallest absolute Gasteiger partial charge is 0.335 e. The minimum atomic E-state index is -1.15. The van der Waals surface area contributed by atoms with E-state index in [4.69, 9.17) is 9.84 Å². The van der Waals surface area contributed by atoms with Crippen LogP contribution in [0.2, 0.25) is 0 Å². The molecule has 0 aliphatic rings. The molecule has 2 rings (SSSR count). The zero-order chi connectivity index (χ0) is 14.7. The van der Waals surface area contributed by atoms with Crippen molar-refractivity contribution >= 4 is 28.9 Å². The monoisotopic (exact) mass is 293 g/mol. The van der Waals surface area contributed by atoms with E-state index in [-0.39, 0.29) is 17.0 Å². The van der Waals surface area contributed by atoms with Crippen molar-refractivity contribution in [2.75, 3.05) is 12.4 Å². The van der Waals surface area contributed by atoms with Gasteiger partial charge >= 0.3 is 5.97 Å². The SMILES string of the molecule is COc1csc(C(=O)Nc2ccc(C(=O)O)cc2O)c1. The number of benzene rings is 1. The standard InChI is InChI=1S/C13H11NO5S/c1-19-8-5-11(20-6-8)12(16)14-9-3-2-7(13(17)18)4-10(9)15/h2-6,15H,1H3,(H,14,16)(H,17,18). The molecule has 0 radical (unpaired) electrons. The Kier molecular flexibility index (Phi) is 3.90. The van der Waals surface area contributed by atoms with Crippen LogP contribution in [-0.2, 0) is 0 Å². The van der Waals surface area contributed by atoms with E-state index < -0.39 is 11.9 Å². The number of aromatic carboxylic acids is 1. The summed E-state index contributed by atoms with van der Waals surface area (Å²) < 4.78 is 4.98. The molecule has 7 heteroatoms. The maximum absolute atomic E-state index is 11.9. The van der Waals surface area contributed by atoms with E-state index >= 15 is 0 Å². The molecule has 1 aromatic carbocycles. The Morgan fingerprint density at radius 1 is 1.30 bits per heavy atom. The van der Waals surface area contributed by atoms with Crippen LogP contribution in [0.25, 0.3) is 0 Å². The lowest BCUT2D eigenvalue weighted by atomic mass is 10.2. The number of phenols is 1. The summed E-state index contributed by atoms with van der Waals surface area (Å²) in [6.45, 7) is 0. The Morgan fingerprint density at radius 3 is 2.60 bits per heavy atom. The van der Waals surface area contributed by atoms with Crippen molar-refractivity contribution in [1.82, 2.24) is 0 Å². The second-order valence-corrected chi connectivity index (χ2v) is 4.75. The Morgan fingerprint density at radius 2 is 2.05 bits per heavy atom. The van der Waals surface area contributed by atoms with Crippen molar-refractivity contribution in [1.29, 1.82) is 0 Å². The summed E-state index contributed by atoms with van der Waals surface area (Å²) in [5.41, 5.74) is 0.0886. The maximum Gasteiger partial charge on any atom is 0.335 e. The lowest BCUT2D eigenvalue weighted by Crippen LogP contribution is -2.10. The van der Waals surface area contributed by atoms with Gasteiger partial charge in [-0.05, 0) is 18.2 Å². The number of rotatable bonds is 4. The van der Waals surface area contributed by atoms with Gasteiger partial charge in [0.25, 0.3) is 5.91 Å². The summed E-state index contributed by atoms with van der Waals surface area (Å²) in [5, 5.41) is 22.7. The number of carbonyl (C=O) groups excluding carboxylic acids is 1. The van der Waals surface area contributed by atoms with Gasteiger partial charge in [0.15, 0.2) is 0 Å². The second-order valence-electron chi connectivity index (χ2n) is 3.84. The second kappa shape index (κ2) is 5.62. The summed E-state index contributed by atoms with van der Waals surface area (Å²) in [6, 6.07) is 5.28. The third-order valence-electron chi connectivity index (χ3n) is 2.53. The van der Waals surface area contributed by atoms with Crippen molar-refractivity contribution < 1.29 is 24.5 Å². The van der Waals surface area contributed by atoms with E-state index in [1.165, 1.54) is 30.6 Å². The number of carboxylic acids is 1. The molecule has 0 aliphatic heterocycles. The van der Waals surface area contributed by atoms with Gasteiger partial charge in [0.1, 0.15) is 11.5 Å². The van der Waals surface area contributed by atoms with E-state index in [1.54, 1.807) is 11.4 Å². The van der Waals surface area contributed by atoms with Crippen molar-refractivity contribution in [2.24, 2.45) is 0 Å². The number of carboxylic acid groups (broad SMARTS) is 1. The lowest BCUT2D eigenvalue weighted by molar-refractivity contribution is 0.0696. The summed E-state index contributed by atoms with van der Waals surface area (Å²) in [6.07, 6.45) is 0. The van der Waals surface area contributed by atoms with Crippen LogP contribution in [0.1, 0.15) is 20.0 Å². The van der Waals surface area contributed by atoms with Gasteiger partial charge in [-0.2, -0.15) is 0 Å². The average Bonchev–Trinajstić information content (AvgIpc) is 2.89. The van der Waals surface area contributed by atoms with Gasteiger partial charge < -0.3 is 20.3 Å². The molecule has 3 N–H and O–H groups in total. The van der Waals surface area contributed by atoms with Gasteiger partial charge in [0.2, 0.25) is 0 Å². The first kappa shape index (κ1) is 13.9. The first-order valence-corrected chi connectivity index (χ1v) is 6.39. The van der Waals surface area contributed by atoms with Crippen molar-refractivity contribution in [3.63, 3.8) is 0 Å². The highest BCUT2D eigenvalue weighted by molar-refractivity contribution is 7.12. The van der Waals surface area contributed by atoms with E-state index in [0.29, 0.717) is 10.6 Å². The molecule has 1 aromatic heterocycles. The molecule has 20 heavy (non-hydrogen) atoms. The fourth-order valence-corrected chi connectivity index (χ4v) is 2.25. The molecule has 0 spiro atoms. The number of thiophene rings is 1. The summed E-state index contributed by atoms with van der Waals surface area (Å²) in [4.78, 5) is 23.1. The maximum atomic E-state index is 11.9. The van der Waals surface area contributed by atoms with Crippen LogP contribution in [0, 0.1) is 0 Å². The van der Waals surface area contributed by atoms with Crippen LogP contribution in [0.5, 0.6) is 11.5 Å². The molecule has 1 amide bonds. The largest absolute Gasteiger partial charge is 0.506 e. The first-order chi connectivity index (χ1) is 9.51. The number of phenolic OH excluding ortho intramolecular Hbond substituents is 1. The third kappa shape index (κ3) is 2.89. The Bertz CT molecular complexity index is 665. The molecule has 2 aromatic rings. The Balaban J connectivity index is 2.17. The molecule has 0 bridgehead atoms. The molecule has 0 fully saturated rings. The first-order valence-electron chi connectivity index (χ1n) is 5.51. The van der Waals surface area contributed by atoms with E-state index in [0.717, 1.165) is 6.07 Å². The highest BCUT2D eigenvalue weighted by Crippen LogP contribution is 2.27. The Labute approximate surface area is 118 Å². The predicted molar refractivity (Wildman–Crippen MR) is 73.9 cm³/mol. The van der Waals surface area contributed by atoms with Crippen molar-refractivity contribution in [3.8, 4) is 11.5 Å². The summed E-state index contributed by atoms with van der Waals surface area (Å²) in [5.74, 6) is -1.29. The quantitative estimate of drug-likeness (QED) is 0.752. The summed E-state index contributed by atoms with van der Waals surface area (Å²) >= 11 is 1.20. The van der Waals surface area contributed by atoms with Gasteiger partial charge in [-0.3, -0.25) is 4.79 Å². The van der Waals surface area contributed by atoms with Gasteiger partial charge in [0.05, 0.1) is 23.2 Å². The number of nitrogens with one attached hydrogen (secondary N) is 1. The molecular formula is C13H11NO5S. The van der Waals surface area contributed by atoms with Gasteiger partial charge in [0, 0.05) is 11.4 Å². The van der Waals surface area contributed by atoms with Crippen LogP contribution in [0.3, 0.4) is 0 Å². The number of amides is 1. The highest BCUT2D eigenvalue weighted by atomic mass is 32.1. The van der Waals surface area contributed by atoms with Crippen LogP contribution >= 0.6 is 11.3 Å². The average molecular weight is 293 g/mol. The number of carbonyl (C=O) groups is 2. The van der Waals surface area contributed by atoms with Crippen molar-refractivity contribution in [3.05, 3.63) is 40.1 Å². The zero-order valence-corrected chi connectivity index (χ0v) is 11.2. The normalized spacial score (nSPS) is 10.1. The van der Waals surface area contributed by atoms with Gasteiger partial charge in [-0.25, -0.2) is 4.79 Å². The highest BCUT2D eigenvalue weighted by Gasteiger charge is 2.13. The molecule has 0 aliphatic carbocycles. The fraction of sp³-hybridized carbons (Fsp3) is 0.0769. The lowest BCUT2D eigenvalue weighted by Gasteiger charge is -2.06. The fourth-order valence-electron chi connectivity index (χ4n) is 1.50. The van der Waals surface area contributed by atoms with Crippen molar-refractivity contribution in [2.45, 2.75) is 0 Å². The van der Waals surface area contributed by atoms with Crippen LogP contribution in [0.4, 0.5) is 5.69 Å². The molecule has 6 nitrogen and oxygen atoms in total. The Hall–Kier alpha value is -2.54. The topological polar surface area (TPSA) is 95.9 Å². The van der Waals surface area contributed by atoms with Gasteiger partial charge in [-0.1, -0.05) is 0 Å². The molecular weight excluding hydrogens is 282 g/mol. The summed E-state index contributed by atoms with van der Waals surface area (Å²) in [7, 11) is 1.50. The molecule has 0 unspecified atom stereocenters. The van der Waals surface area contributed by atoms with E-state index in [1.807, 2.05) is 0 Å². The number of ether oxygens (including phenoxy) is 1. The predicted octanol–water partition coefficient (Wildman–Crippen LogP) is 2.41. The molecule has 104 valence electrons. The molecule has 1 heterocycles. The minimum Gasteiger partial charge on any atom is -0.506 e. The number of hydrogen-bond acceptors (Lipinski definition) is 5. The minimum absolute atomic E-state index is 0.0571. The van der Waals surface area contributed by atoms with E-state index in [9.17, 15) is 14.7 Å². The van der Waals surface area contributed by atoms with E-state index in [2.05, 4.69) is 5.32 Å². The number of hydrogen-bond donors (Lipinski definition) is 3. The number of methoxy groups -OCH3 is 1. The van der Waals surface area contributed by atoms with Crippen LogP contribution < -0.4 is 10.1 Å². The zero-order valence-electron chi connectivity index (χ0n) is 10.4. The molecule has 0 saturated heterocycles. The number of aromatic hydroxyl groups is 1. The number of anilines is 1. The van der Waals surface area contributed by atoms with Gasteiger partial charge in [-0.15, -0.1) is 11.3 Å². The molecule has 0 saturated carbocycles. The molecule has 0 atom stereocenters. The van der Waals surface area contributed by atoms with Crippen LogP contribution in [0.15, 0.2) is 29.6 Å².